The Morgan fingerprint density at radius 1 is 0.475 bits per heavy atom. The molecule has 3 spiro atoms. The number of alkyl halides is 1. The number of halogens is 3. The van der Waals surface area contributed by atoms with Gasteiger partial charge in [-0.2, -0.15) is 4.72 Å². The van der Waals surface area contributed by atoms with Crippen LogP contribution in [0.1, 0.15) is 101 Å². The average molecular weight is 1800 g/mol. The molecule has 28 nitrogen and oxygen atoms in total. The summed E-state index contributed by atoms with van der Waals surface area (Å²) in [6.07, 6.45) is 7.36. The monoisotopic (exact) mass is 1800 g/mol. The van der Waals surface area contributed by atoms with Gasteiger partial charge in [-0.25, -0.2) is 55.2 Å². The van der Waals surface area contributed by atoms with E-state index in [4.69, 9.17) is 42.2 Å². The van der Waals surface area contributed by atoms with Crippen LogP contribution in [0, 0.1) is 0 Å². The summed E-state index contributed by atoms with van der Waals surface area (Å²) in [5.74, 6) is -1.03. The van der Waals surface area contributed by atoms with Gasteiger partial charge < -0.3 is 39.5 Å². The maximum absolute atomic E-state index is 13.7. The van der Waals surface area contributed by atoms with E-state index >= 15 is 0 Å². The predicted octanol–water partition coefficient (Wildman–Crippen LogP) is 8.24. The van der Waals surface area contributed by atoms with Crippen molar-refractivity contribution < 1.29 is 83.8 Å². The van der Waals surface area contributed by atoms with Crippen LogP contribution < -0.4 is 28.1 Å². The van der Waals surface area contributed by atoms with Crippen LogP contribution in [0.15, 0.2) is 176 Å². The summed E-state index contributed by atoms with van der Waals surface area (Å²) in [4.78, 5) is 47.1. The number of anilines is 3. The Morgan fingerprint density at radius 2 is 0.771 bits per heavy atom. The number of nitrogens with two attached hydrogens (primary N) is 1. The number of likely N-dealkylation sites (tertiary alicyclic amines) is 3. The van der Waals surface area contributed by atoms with Gasteiger partial charge in [-0.1, -0.05) is 181 Å². The van der Waals surface area contributed by atoms with Crippen LogP contribution in [0.25, 0.3) is 0 Å². The highest BCUT2D eigenvalue weighted by atomic mass is 35.7. The van der Waals surface area contributed by atoms with Crippen molar-refractivity contribution in [1.29, 1.82) is 0 Å². The molecule has 37 heteroatoms. The van der Waals surface area contributed by atoms with Gasteiger partial charge in [0.1, 0.15) is 18.1 Å². The van der Waals surface area contributed by atoms with Gasteiger partial charge in [0.2, 0.25) is 76.9 Å². The normalized spacial score (nSPS) is 17.3. The maximum Gasteiger partial charge on any atom is 0.243 e. The van der Waals surface area contributed by atoms with E-state index in [-0.39, 0.29) is 98.5 Å². The molecular formula is C81H115Cl2FN10O18S6. The smallest absolute Gasteiger partial charge is 0.243 e. The van der Waals surface area contributed by atoms with Crippen LogP contribution in [0.2, 0.25) is 0 Å². The Labute approximate surface area is 707 Å². The molecule has 6 aliphatic rings. The van der Waals surface area contributed by atoms with Crippen LogP contribution in [-0.4, -0.2) is 240 Å². The third-order valence-corrected chi connectivity index (χ3v) is 29.1. The van der Waals surface area contributed by atoms with E-state index in [2.05, 4.69) is 16.0 Å². The van der Waals surface area contributed by atoms with Gasteiger partial charge >= 0.3 is 0 Å². The van der Waals surface area contributed by atoms with E-state index < -0.39 is 82.7 Å². The van der Waals surface area contributed by atoms with Crippen molar-refractivity contribution in [1.82, 2.24) is 29.0 Å². The van der Waals surface area contributed by atoms with Crippen molar-refractivity contribution in [3.8, 4) is 0 Å². The first-order chi connectivity index (χ1) is 54.4. The number of para-hydroxylation sites is 3. The van der Waals surface area contributed by atoms with Crippen LogP contribution >= 0.6 is 22.3 Å². The Bertz CT molecular complexity index is 5010. The average Bonchev–Trinajstić information content (AvgIpc) is 1.60. The number of rotatable bonds is 30. The number of ether oxygens (including phenoxy) is 3. The molecule has 0 saturated carbocycles. The van der Waals surface area contributed by atoms with Crippen LogP contribution in [0.4, 0.5) is 21.8 Å². The summed E-state index contributed by atoms with van der Waals surface area (Å²) in [7, 11) is -16.5. The van der Waals surface area contributed by atoms with E-state index in [1.807, 2.05) is 183 Å². The topological polar surface area (TPSA) is 356 Å². The number of hydrogen-bond acceptors (Lipinski definition) is 20. The Morgan fingerprint density at radius 3 is 1.06 bits per heavy atom. The Hall–Kier alpha value is -7.20. The summed E-state index contributed by atoms with van der Waals surface area (Å²) in [5, 5.41) is 0.769. The molecule has 0 aliphatic carbocycles. The first kappa shape index (κ1) is 99.6. The standard InChI is InChI=1S/C29H42N4O6S2.C25H31N3O6S2.C23H29N3O4S.C2H4Cl2O2S.2CH4.FH/c1-4-31(5-2)19-20-41(37,38)30-26(22-39-21-24-11-7-6-8-12-24)28(34)32-17-15-29(16-18-32)23-33(40(3,35)36)27-14-10-9-13-25(27)29;1-3-36(32,33)26-22(18-34-17-20-9-5-4-6-10-20)24(29)27-15-13-25(14-16-27)19-28(35(2,30)31)23-12-8-7-11-21(23)25;1-31(28,29)26-17-23(19-9-5-6-10-21(19)26)11-13-25(14-12-23)22(27)20(24)16-30-15-18-7-3-2-4-8-18;3-1-2-7(4,5)6;;;/h6-14,26,30H,4-5,15-23H2,1-3H3;3-12,22,26H,1,13-19H2,2H3;2-10,20H,11-17,24H2,1H3;1-2H2;2*1H4;1H/t26-;22-;20-;;;;/m111..../s1. The fraction of sp³-hybridized carbons (Fsp3) is 0.494. The second kappa shape index (κ2) is 43.5. The van der Waals surface area contributed by atoms with Gasteiger partial charge in [-0.15, -0.1) is 11.6 Å². The molecule has 3 fully saturated rings. The summed E-state index contributed by atoms with van der Waals surface area (Å²) in [6, 6.07) is 48.5. The fourth-order valence-corrected chi connectivity index (χ4v) is 21.6. The Balaban J connectivity index is 0.000000262. The number of carbonyl (C=O) groups excluding carboxylic acids is 3. The molecule has 654 valence electrons. The molecule has 6 aromatic rings. The molecule has 3 atom stereocenters. The molecule has 0 aromatic heterocycles. The highest BCUT2D eigenvalue weighted by Crippen LogP contribution is 2.51. The minimum Gasteiger partial charge on any atom is -0.375 e. The van der Waals surface area contributed by atoms with Gasteiger partial charge in [0, 0.05) is 104 Å². The van der Waals surface area contributed by atoms with Crippen molar-refractivity contribution >= 4 is 116 Å². The summed E-state index contributed by atoms with van der Waals surface area (Å²) in [5.41, 5.74) is 13.1. The third kappa shape index (κ3) is 26.7. The van der Waals surface area contributed by atoms with E-state index in [0.29, 0.717) is 122 Å². The molecule has 12 rings (SSSR count). The molecule has 0 unspecified atom stereocenters. The second-order valence-electron chi connectivity index (χ2n) is 29.6. The first-order valence-corrected chi connectivity index (χ1v) is 49.7. The van der Waals surface area contributed by atoms with Gasteiger partial charge in [-0.05, 0) is 103 Å². The number of benzene rings is 6. The highest BCUT2D eigenvalue weighted by Gasteiger charge is 2.51. The summed E-state index contributed by atoms with van der Waals surface area (Å²) in [6.45, 7) is 13.7. The van der Waals surface area contributed by atoms with Gasteiger partial charge in [0.25, 0.3) is 0 Å². The molecule has 6 aliphatic heterocycles. The summed E-state index contributed by atoms with van der Waals surface area (Å²) < 4.78 is 171. The molecule has 4 N–H and O–H groups in total. The number of nitrogens with zero attached hydrogens (tertiary/aromatic N) is 7. The Kier molecular flexibility index (Phi) is 36.7. The number of nitrogens with one attached hydrogen (secondary N) is 2. The number of hydrogen-bond donors (Lipinski definition) is 3. The zero-order chi connectivity index (χ0) is 83.6. The number of piperidine rings is 3. The lowest BCUT2D eigenvalue weighted by Gasteiger charge is -2.40. The zero-order valence-electron chi connectivity index (χ0n) is 65.9. The highest BCUT2D eigenvalue weighted by molar-refractivity contribution is 8.13. The lowest BCUT2D eigenvalue weighted by Crippen LogP contribution is -2.55. The van der Waals surface area contributed by atoms with Gasteiger partial charge in [-0.3, -0.25) is 32.0 Å². The molecule has 6 heterocycles. The number of amides is 3. The van der Waals surface area contributed by atoms with Crippen molar-refractivity contribution in [2.45, 2.75) is 121 Å². The van der Waals surface area contributed by atoms with Gasteiger partial charge in [0.05, 0.1) is 87.0 Å². The van der Waals surface area contributed by atoms with Gasteiger partial charge in [0.15, 0.2) is 0 Å². The lowest BCUT2D eigenvalue weighted by molar-refractivity contribution is -0.137. The quantitative estimate of drug-likeness (QED) is 0.0282. The first-order valence-electron chi connectivity index (χ1n) is 37.9. The maximum atomic E-state index is 13.7. The molecular weight excluding hydrogens is 1680 g/mol. The van der Waals surface area contributed by atoms with Crippen LogP contribution in [0.3, 0.4) is 0 Å². The zero-order valence-corrected chi connectivity index (χ0v) is 72.3. The largest absolute Gasteiger partial charge is 0.375 e. The molecule has 3 saturated heterocycles. The number of carbonyl (C=O) groups is 3. The van der Waals surface area contributed by atoms with Crippen LogP contribution in [-0.2, 0) is 124 Å². The van der Waals surface area contributed by atoms with E-state index in [0.717, 1.165) is 57.6 Å². The summed E-state index contributed by atoms with van der Waals surface area (Å²) >= 11 is 5.02. The van der Waals surface area contributed by atoms with Crippen LogP contribution in [0.5, 0.6) is 0 Å². The molecule has 0 radical (unpaired) electrons. The molecule has 6 aromatic carbocycles. The van der Waals surface area contributed by atoms with E-state index in [9.17, 15) is 64.9 Å². The second-order valence-corrected chi connectivity index (χ2v) is 42.1. The van der Waals surface area contributed by atoms with E-state index in [1.165, 1.54) is 31.7 Å². The fourth-order valence-electron chi connectivity index (χ4n) is 15.5. The SMILES string of the molecule is C.C.C=CS(=O)(=O)N[C@H](COCc1ccccc1)C(=O)N1CCC2(CC1)CN(S(C)(=O)=O)c1ccccc12.CCN(CC)CCS(=O)(=O)N[C@H](COCc1ccccc1)C(=O)N1CCC2(CC1)CN(S(C)(=O)=O)c1ccccc12.CS(=O)(=O)N1CC2(CCN(C(=O)[C@H](N)COCc3ccccc3)CC2)c2ccccc21.F.O=S(=O)(Cl)CCCl. The molecule has 0 bridgehead atoms. The number of fused-ring (bicyclic) bond motifs is 6. The predicted molar refractivity (Wildman–Crippen MR) is 466 cm³/mol. The van der Waals surface area contributed by atoms with Crippen molar-refractivity contribution in [3.63, 3.8) is 0 Å². The minimum absolute atomic E-state index is 0. The van der Waals surface area contributed by atoms with E-state index in [1.54, 1.807) is 14.7 Å². The third-order valence-electron chi connectivity index (χ3n) is 21.7. The van der Waals surface area contributed by atoms with Crippen molar-refractivity contribution in [3.05, 3.63) is 209 Å². The lowest BCUT2D eigenvalue weighted by atomic mass is 9.74. The minimum atomic E-state index is -3.87. The molecule has 3 amide bonds. The van der Waals surface area contributed by atoms with Crippen molar-refractivity contribution in [2.24, 2.45) is 5.73 Å². The number of sulfonamides is 5. The molecule has 118 heavy (non-hydrogen) atoms. The van der Waals surface area contributed by atoms with Crippen molar-refractivity contribution in [2.75, 3.05) is 147 Å².